The van der Waals surface area contributed by atoms with E-state index in [-0.39, 0.29) is 27.8 Å². The molecule has 1 aromatic carbocycles. The van der Waals surface area contributed by atoms with Gasteiger partial charge in [0.05, 0.1) is 10.6 Å². The average molecular weight is 354 g/mol. The summed E-state index contributed by atoms with van der Waals surface area (Å²) >= 11 is 11.4. The Balaban J connectivity index is 2.18. The second-order valence-corrected chi connectivity index (χ2v) is 6.56. The maximum Gasteiger partial charge on any atom is 0.337 e. The molecule has 2 N–H and O–H groups in total. The highest BCUT2D eigenvalue weighted by atomic mass is 35.5. The van der Waals surface area contributed by atoms with Crippen molar-refractivity contribution in [2.24, 2.45) is 0 Å². The number of carboxylic acids is 1. The van der Waals surface area contributed by atoms with Crippen LogP contribution in [-0.2, 0) is 4.74 Å². The third kappa shape index (κ3) is 4.69. The maximum absolute atomic E-state index is 11.4. The fourth-order valence-electron chi connectivity index (χ4n) is 2.46. The Hall–Kier alpha value is -1.59. The molecule has 0 bridgehead atoms. The number of aromatic carboxylic acids is 1. The summed E-state index contributed by atoms with van der Waals surface area (Å²) in [6.07, 6.45) is 7.12. The molecule has 124 valence electrons. The number of anilines is 1. The van der Waals surface area contributed by atoms with Crippen LogP contribution < -0.4 is 5.32 Å². The molecule has 2 rings (SSSR count). The molecule has 23 heavy (non-hydrogen) atoms. The highest BCUT2D eigenvalue weighted by Gasteiger charge is 2.18. The first-order valence-electron chi connectivity index (χ1n) is 7.59. The van der Waals surface area contributed by atoms with E-state index >= 15 is 0 Å². The third-order valence-electron chi connectivity index (χ3n) is 3.67. The fourth-order valence-corrected chi connectivity index (χ4v) is 3.11. The minimum absolute atomic E-state index is 0.0282. The molecule has 1 aromatic rings. The minimum atomic E-state index is -1.07. The van der Waals surface area contributed by atoms with E-state index in [9.17, 15) is 9.90 Å². The van der Waals surface area contributed by atoms with Gasteiger partial charge in [-0.2, -0.15) is 0 Å². The van der Waals surface area contributed by atoms with Crippen LogP contribution in [0.2, 0.25) is 5.02 Å². The van der Waals surface area contributed by atoms with Crippen LogP contribution >= 0.6 is 23.8 Å². The molecule has 1 aliphatic carbocycles. The molecule has 0 amide bonds. The molecule has 0 saturated heterocycles. The molecule has 0 aliphatic heterocycles. The predicted molar refractivity (Wildman–Crippen MR) is 96.6 cm³/mol. The third-order valence-corrected chi connectivity index (χ3v) is 4.29. The Bertz CT molecular complexity index is 643. The molecule has 0 heterocycles. The summed E-state index contributed by atoms with van der Waals surface area (Å²) in [5.41, 5.74) is 1.38. The van der Waals surface area contributed by atoms with Crippen LogP contribution in [0.1, 0.15) is 54.9 Å². The quantitative estimate of drug-likeness (QED) is 0.590. The Kier molecular flexibility index (Phi) is 6.02. The molecule has 0 spiro atoms. The number of carbonyl (C=O) groups is 1. The molecule has 0 saturated carbocycles. The number of nitrogens with one attached hydrogen (secondary N) is 1. The monoisotopic (exact) mass is 353 g/mol. The van der Waals surface area contributed by atoms with Gasteiger partial charge in [0.2, 0.25) is 0 Å². The first-order valence-corrected chi connectivity index (χ1v) is 8.38. The average Bonchev–Trinajstić information content (AvgIpc) is 2.49. The van der Waals surface area contributed by atoms with Crippen LogP contribution in [0.3, 0.4) is 0 Å². The second kappa shape index (κ2) is 7.79. The van der Waals surface area contributed by atoms with Gasteiger partial charge in [0.1, 0.15) is 6.10 Å². The van der Waals surface area contributed by atoms with Gasteiger partial charge < -0.3 is 15.2 Å². The van der Waals surface area contributed by atoms with Crippen LogP contribution in [0.15, 0.2) is 24.3 Å². The standard InChI is InChI=1S/C17H20ClNO3S/c1-10(2)13-8-11(9-14(15(13)18)16(20)21)19-17(23)22-12-6-4-3-5-7-12/h4,6,8-10,12H,3,5,7H2,1-2H3,(H,19,23)(H,20,21). The normalized spacial score (nSPS) is 17.1. The zero-order valence-corrected chi connectivity index (χ0v) is 14.7. The van der Waals surface area contributed by atoms with Crippen LogP contribution in [0.4, 0.5) is 5.69 Å². The van der Waals surface area contributed by atoms with Crippen LogP contribution in [0.25, 0.3) is 0 Å². The number of ether oxygens (including phenoxy) is 1. The van der Waals surface area contributed by atoms with Crippen LogP contribution in [-0.4, -0.2) is 22.4 Å². The van der Waals surface area contributed by atoms with Gasteiger partial charge in [-0.15, -0.1) is 0 Å². The lowest BCUT2D eigenvalue weighted by Gasteiger charge is -2.20. The van der Waals surface area contributed by atoms with Crippen molar-refractivity contribution < 1.29 is 14.6 Å². The number of thiocarbonyl (C=S) groups is 1. The van der Waals surface area contributed by atoms with Crippen molar-refractivity contribution in [3.8, 4) is 0 Å². The van der Waals surface area contributed by atoms with Gasteiger partial charge in [0.15, 0.2) is 0 Å². The molecule has 4 nitrogen and oxygen atoms in total. The lowest BCUT2D eigenvalue weighted by atomic mass is 9.99. The summed E-state index contributed by atoms with van der Waals surface area (Å²) in [4.78, 5) is 11.4. The largest absolute Gasteiger partial charge is 0.478 e. The fraction of sp³-hybridized carbons (Fsp3) is 0.412. The van der Waals surface area contributed by atoms with Crippen molar-refractivity contribution in [3.05, 3.63) is 40.4 Å². The van der Waals surface area contributed by atoms with Crippen molar-refractivity contribution in [1.82, 2.24) is 0 Å². The number of hydrogen-bond acceptors (Lipinski definition) is 3. The summed E-state index contributed by atoms with van der Waals surface area (Å²) in [6.45, 7) is 3.91. The van der Waals surface area contributed by atoms with E-state index < -0.39 is 5.97 Å². The van der Waals surface area contributed by atoms with E-state index in [1.54, 1.807) is 0 Å². The molecule has 1 unspecified atom stereocenters. The van der Waals surface area contributed by atoms with Crippen molar-refractivity contribution in [2.45, 2.75) is 45.1 Å². The van der Waals surface area contributed by atoms with Crippen LogP contribution in [0, 0.1) is 0 Å². The molecule has 0 fully saturated rings. The molecule has 6 heteroatoms. The molecule has 0 radical (unpaired) electrons. The van der Waals surface area contributed by atoms with Gasteiger partial charge >= 0.3 is 5.97 Å². The lowest BCUT2D eigenvalue weighted by Crippen LogP contribution is -2.22. The van der Waals surface area contributed by atoms with E-state index in [1.807, 2.05) is 26.0 Å². The van der Waals surface area contributed by atoms with Gasteiger partial charge in [-0.25, -0.2) is 4.79 Å². The summed E-state index contributed by atoms with van der Waals surface area (Å²) in [5.74, 6) is -0.972. The highest BCUT2D eigenvalue weighted by molar-refractivity contribution is 7.80. The Morgan fingerprint density at radius 1 is 1.48 bits per heavy atom. The van der Waals surface area contributed by atoms with E-state index in [0.29, 0.717) is 5.69 Å². The number of rotatable bonds is 4. The first-order chi connectivity index (χ1) is 10.9. The summed E-state index contributed by atoms with van der Waals surface area (Å²) in [7, 11) is 0. The number of allylic oxidation sites excluding steroid dienone is 1. The van der Waals surface area contributed by atoms with Gasteiger partial charge in [0.25, 0.3) is 5.17 Å². The number of hydrogen-bond donors (Lipinski definition) is 2. The van der Waals surface area contributed by atoms with Crippen molar-refractivity contribution >= 4 is 40.7 Å². The van der Waals surface area contributed by atoms with Gasteiger partial charge in [-0.05, 0) is 61.2 Å². The summed E-state index contributed by atoms with van der Waals surface area (Å²) in [6, 6.07) is 3.29. The maximum atomic E-state index is 11.4. The Labute approximate surface area is 146 Å². The predicted octanol–water partition coefficient (Wildman–Crippen LogP) is 4.98. The SMILES string of the molecule is CC(C)c1cc(NC(=S)OC2C=CCCC2)cc(C(=O)O)c1Cl. The Morgan fingerprint density at radius 3 is 2.78 bits per heavy atom. The number of carboxylic acid groups (broad SMARTS) is 1. The minimum Gasteiger partial charge on any atom is -0.478 e. The summed E-state index contributed by atoms with van der Waals surface area (Å²) < 4.78 is 5.68. The zero-order chi connectivity index (χ0) is 17.0. The first kappa shape index (κ1) is 17.8. The van der Waals surface area contributed by atoms with Gasteiger partial charge in [-0.3, -0.25) is 0 Å². The topological polar surface area (TPSA) is 58.6 Å². The van der Waals surface area contributed by atoms with Crippen molar-refractivity contribution in [2.75, 3.05) is 5.32 Å². The molecule has 1 aliphatic rings. The zero-order valence-electron chi connectivity index (χ0n) is 13.1. The van der Waals surface area contributed by atoms with E-state index in [1.165, 1.54) is 6.07 Å². The van der Waals surface area contributed by atoms with E-state index in [4.69, 9.17) is 28.6 Å². The molecular weight excluding hydrogens is 334 g/mol. The molecular formula is C17H20ClNO3S. The van der Waals surface area contributed by atoms with E-state index in [2.05, 4.69) is 11.4 Å². The summed E-state index contributed by atoms with van der Waals surface area (Å²) in [5, 5.41) is 12.8. The number of halogens is 1. The van der Waals surface area contributed by atoms with Crippen molar-refractivity contribution in [1.29, 1.82) is 0 Å². The highest BCUT2D eigenvalue weighted by Crippen LogP contribution is 2.31. The molecule has 0 aromatic heterocycles. The van der Waals surface area contributed by atoms with Crippen LogP contribution in [0.5, 0.6) is 0 Å². The second-order valence-electron chi connectivity index (χ2n) is 5.81. The van der Waals surface area contributed by atoms with Crippen molar-refractivity contribution in [3.63, 3.8) is 0 Å². The van der Waals surface area contributed by atoms with E-state index in [0.717, 1.165) is 24.8 Å². The number of benzene rings is 1. The van der Waals surface area contributed by atoms with Gasteiger partial charge in [-0.1, -0.05) is 31.5 Å². The smallest absolute Gasteiger partial charge is 0.337 e. The lowest BCUT2D eigenvalue weighted by molar-refractivity contribution is 0.0697. The van der Waals surface area contributed by atoms with Gasteiger partial charge in [0, 0.05) is 5.69 Å². The Morgan fingerprint density at radius 2 is 2.22 bits per heavy atom. The molecule has 1 atom stereocenters.